The number of anilines is 1. The predicted molar refractivity (Wildman–Crippen MR) is 74.2 cm³/mol. The largest absolute Gasteiger partial charge is 0.478 e. The third-order valence-electron chi connectivity index (χ3n) is 3.28. The van der Waals surface area contributed by atoms with Crippen molar-refractivity contribution in [1.29, 1.82) is 0 Å². The molecule has 1 fully saturated rings. The number of likely N-dealkylation sites (tertiary alicyclic amines) is 1. The second kappa shape index (κ2) is 6.11. The monoisotopic (exact) mass is 298 g/mol. The number of urea groups is 1. The summed E-state index contributed by atoms with van der Waals surface area (Å²) in [5.41, 5.74) is 0.156. The van der Waals surface area contributed by atoms with Gasteiger partial charge >= 0.3 is 12.0 Å². The number of hydrogen-bond acceptors (Lipinski definition) is 3. The Morgan fingerprint density at radius 1 is 1.45 bits per heavy atom. The average Bonchev–Trinajstić information content (AvgIpc) is 2.89. The van der Waals surface area contributed by atoms with E-state index in [9.17, 15) is 9.59 Å². The van der Waals surface area contributed by atoms with Crippen LogP contribution < -0.4 is 5.32 Å². The normalized spacial score (nSPS) is 18.1. The van der Waals surface area contributed by atoms with Crippen molar-refractivity contribution in [3.8, 4) is 0 Å². The first-order valence-corrected chi connectivity index (χ1v) is 6.58. The number of nitrogens with one attached hydrogen (secondary N) is 1. The minimum absolute atomic E-state index is 0.0467. The van der Waals surface area contributed by atoms with Gasteiger partial charge in [-0.1, -0.05) is 11.6 Å². The van der Waals surface area contributed by atoms with Gasteiger partial charge in [-0.3, -0.25) is 0 Å². The molecule has 2 rings (SSSR count). The number of nitrogens with zero attached hydrogens (tertiary/aromatic N) is 1. The highest BCUT2D eigenvalue weighted by Crippen LogP contribution is 2.22. The molecule has 1 saturated heterocycles. The minimum Gasteiger partial charge on any atom is -0.478 e. The molecule has 1 aliphatic heterocycles. The Bertz CT molecular complexity index is 535. The molecular formula is C13H15ClN2O4. The number of amides is 2. The summed E-state index contributed by atoms with van der Waals surface area (Å²) >= 11 is 5.75. The van der Waals surface area contributed by atoms with E-state index in [2.05, 4.69) is 5.32 Å². The molecule has 1 atom stereocenters. The summed E-state index contributed by atoms with van der Waals surface area (Å²) < 4.78 is 0. The zero-order valence-electron chi connectivity index (χ0n) is 10.7. The lowest BCUT2D eigenvalue weighted by Gasteiger charge is -2.18. The van der Waals surface area contributed by atoms with Gasteiger partial charge in [-0.05, 0) is 24.6 Å². The SMILES string of the molecule is O=C(O)c1cc(Cl)ccc1NC(=O)N1CCC(CO)C1. The van der Waals surface area contributed by atoms with Crippen LogP contribution in [0.2, 0.25) is 5.02 Å². The first-order chi connectivity index (χ1) is 9.51. The molecule has 1 aromatic rings. The smallest absolute Gasteiger partial charge is 0.337 e. The number of carboxylic acid groups (broad SMARTS) is 1. The van der Waals surface area contributed by atoms with Gasteiger partial charge in [0.15, 0.2) is 0 Å². The van der Waals surface area contributed by atoms with Crippen LogP contribution in [0.4, 0.5) is 10.5 Å². The summed E-state index contributed by atoms with van der Waals surface area (Å²) in [4.78, 5) is 24.7. The van der Waals surface area contributed by atoms with Crippen molar-refractivity contribution in [2.75, 3.05) is 25.0 Å². The number of aliphatic hydroxyl groups excluding tert-OH is 1. The van der Waals surface area contributed by atoms with Gasteiger partial charge in [0.05, 0.1) is 11.3 Å². The first-order valence-electron chi connectivity index (χ1n) is 6.21. The van der Waals surface area contributed by atoms with Crippen molar-refractivity contribution < 1.29 is 19.8 Å². The highest BCUT2D eigenvalue weighted by molar-refractivity contribution is 6.31. The van der Waals surface area contributed by atoms with Crippen LogP contribution in [0.25, 0.3) is 0 Å². The van der Waals surface area contributed by atoms with Gasteiger partial charge in [0.25, 0.3) is 0 Å². The van der Waals surface area contributed by atoms with Crippen LogP contribution in [-0.4, -0.2) is 46.8 Å². The molecule has 0 spiro atoms. The quantitative estimate of drug-likeness (QED) is 0.795. The van der Waals surface area contributed by atoms with Gasteiger partial charge in [-0.2, -0.15) is 0 Å². The number of carbonyl (C=O) groups excluding carboxylic acids is 1. The van der Waals surface area contributed by atoms with E-state index in [0.29, 0.717) is 18.1 Å². The molecule has 0 bridgehead atoms. The predicted octanol–water partition coefficient (Wildman–Crippen LogP) is 1.88. The molecule has 108 valence electrons. The van der Waals surface area contributed by atoms with Crippen LogP contribution in [0.3, 0.4) is 0 Å². The minimum atomic E-state index is -1.16. The fourth-order valence-corrected chi connectivity index (χ4v) is 2.33. The first kappa shape index (κ1) is 14.6. The standard InChI is InChI=1S/C13H15ClN2O4/c14-9-1-2-11(10(5-9)12(18)19)15-13(20)16-4-3-8(6-16)7-17/h1-2,5,8,17H,3-4,6-7H2,(H,15,20)(H,18,19). The molecule has 20 heavy (non-hydrogen) atoms. The number of carbonyl (C=O) groups is 2. The fourth-order valence-electron chi connectivity index (χ4n) is 2.16. The maximum atomic E-state index is 12.0. The van der Waals surface area contributed by atoms with Gasteiger partial charge in [-0.25, -0.2) is 9.59 Å². The van der Waals surface area contributed by atoms with Gasteiger partial charge in [-0.15, -0.1) is 0 Å². The molecule has 1 aromatic carbocycles. The lowest BCUT2D eigenvalue weighted by atomic mass is 10.1. The van der Waals surface area contributed by atoms with E-state index in [1.165, 1.54) is 18.2 Å². The highest BCUT2D eigenvalue weighted by atomic mass is 35.5. The number of halogens is 1. The molecule has 3 N–H and O–H groups in total. The summed E-state index contributed by atoms with van der Waals surface area (Å²) in [6.07, 6.45) is 0.746. The Hall–Kier alpha value is -1.79. The molecule has 0 aliphatic carbocycles. The molecule has 2 amide bonds. The third-order valence-corrected chi connectivity index (χ3v) is 3.52. The van der Waals surface area contributed by atoms with Gasteiger partial charge < -0.3 is 20.4 Å². The van der Waals surface area contributed by atoms with Crippen molar-refractivity contribution >= 4 is 29.3 Å². The van der Waals surface area contributed by atoms with E-state index in [1.54, 1.807) is 4.90 Å². The maximum absolute atomic E-state index is 12.0. The lowest BCUT2D eigenvalue weighted by molar-refractivity contribution is 0.0698. The number of benzene rings is 1. The van der Waals surface area contributed by atoms with Crippen molar-refractivity contribution in [3.05, 3.63) is 28.8 Å². The summed E-state index contributed by atoms with van der Waals surface area (Å²) in [5.74, 6) is -1.07. The second-order valence-electron chi connectivity index (χ2n) is 4.71. The molecule has 0 saturated carbocycles. The Kier molecular flexibility index (Phi) is 4.46. The van der Waals surface area contributed by atoms with Crippen molar-refractivity contribution in [1.82, 2.24) is 4.90 Å². The molecule has 6 nitrogen and oxygen atoms in total. The molecule has 0 radical (unpaired) electrons. The van der Waals surface area contributed by atoms with E-state index in [4.69, 9.17) is 21.8 Å². The van der Waals surface area contributed by atoms with Crippen molar-refractivity contribution in [3.63, 3.8) is 0 Å². The van der Waals surface area contributed by atoms with Crippen molar-refractivity contribution in [2.24, 2.45) is 5.92 Å². The van der Waals surface area contributed by atoms with Crippen LogP contribution in [0, 0.1) is 5.92 Å². The summed E-state index contributed by atoms with van der Waals surface area (Å²) in [6, 6.07) is 3.90. The van der Waals surface area contributed by atoms with Crippen LogP contribution in [0.5, 0.6) is 0 Å². The van der Waals surface area contributed by atoms with Crippen LogP contribution in [0.15, 0.2) is 18.2 Å². The zero-order valence-corrected chi connectivity index (χ0v) is 11.4. The summed E-state index contributed by atoms with van der Waals surface area (Å²) in [5, 5.41) is 21.0. The molecular weight excluding hydrogens is 284 g/mol. The molecule has 1 unspecified atom stereocenters. The molecule has 1 heterocycles. The van der Waals surface area contributed by atoms with E-state index in [1.807, 2.05) is 0 Å². The summed E-state index contributed by atoms with van der Waals surface area (Å²) in [6.45, 7) is 1.07. The Balaban J connectivity index is 2.10. The topological polar surface area (TPSA) is 89.9 Å². The van der Waals surface area contributed by atoms with Gasteiger partial charge in [0.2, 0.25) is 0 Å². The third kappa shape index (κ3) is 3.20. The van der Waals surface area contributed by atoms with E-state index in [-0.39, 0.29) is 29.8 Å². The van der Waals surface area contributed by atoms with Crippen LogP contribution >= 0.6 is 11.6 Å². The maximum Gasteiger partial charge on any atom is 0.337 e. The summed E-state index contributed by atoms with van der Waals surface area (Å²) in [7, 11) is 0. The number of hydrogen-bond donors (Lipinski definition) is 3. The van der Waals surface area contributed by atoms with E-state index >= 15 is 0 Å². The van der Waals surface area contributed by atoms with Crippen molar-refractivity contribution in [2.45, 2.75) is 6.42 Å². The fraction of sp³-hybridized carbons (Fsp3) is 0.385. The van der Waals surface area contributed by atoms with Crippen LogP contribution in [0.1, 0.15) is 16.8 Å². The molecule has 1 aliphatic rings. The second-order valence-corrected chi connectivity index (χ2v) is 5.14. The van der Waals surface area contributed by atoms with Gasteiger partial charge in [0.1, 0.15) is 0 Å². The number of rotatable bonds is 3. The Morgan fingerprint density at radius 3 is 2.80 bits per heavy atom. The molecule has 0 aromatic heterocycles. The number of aliphatic hydroxyl groups is 1. The molecule has 7 heteroatoms. The number of carboxylic acids is 1. The zero-order chi connectivity index (χ0) is 14.7. The lowest BCUT2D eigenvalue weighted by Crippen LogP contribution is -2.33. The van der Waals surface area contributed by atoms with Crippen LogP contribution in [-0.2, 0) is 0 Å². The van der Waals surface area contributed by atoms with Gasteiger partial charge in [0, 0.05) is 30.6 Å². The van der Waals surface area contributed by atoms with E-state index < -0.39 is 5.97 Å². The number of aromatic carboxylic acids is 1. The average molecular weight is 299 g/mol. The Labute approximate surface area is 121 Å². The van der Waals surface area contributed by atoms with E-state index in [0.717, 1.165) is 6.42 Å². The Morgan fingerprint density at radius 2 is 2.20 bits per heavy atom. The highest BCUT2D eigenvalue weighted by Gasteiger charge is 2.26.